The summed E-state index contributed by atoms with van der Waals surface area (Å²) in [7, 11) is 2.19. The van der Waals surface area contributed by atoms with Crippen molar-refractivity contribution in [1.82, 2.24) is 4.90 Å². The molecule has 1 aliphatic rings. The number of aliphatic carboxylic acids is 2. The Hall–Kier alpha value is -2.40. The quantitative estimate of drug-likeness (QED) is 0.838. The van der Waals surface area contributed by atoms with Gasteiger partial charge < -0.3 is 10.2 Å². The minimum atomic E-state index is -1.26. The van der Waals surface area contributed by atoms with E-state index in [4.69, 9.17) is 10.2 Å². The molecule has 0 saturated carbocycles. The van der Waals surface area contributed by atoms with Crippen LogP contribution in [0.3, 0.4) is 0 Å². The fourth-order valence-electron chi connectivity index (χ4n) is 2.40. The second-order valence-electron chi connectivity index (χ2n) is 5.58. The van der Waals surface area contributed by atoms with Crippen LogP contribution >= 0.6 is 0 Å². The largest absolute Gasteiger partial charge is 0.478 e. The van der Waals surface area contributed by atoms with Crippen molar-refractivity contribution in [3.63, 3.8) is 0 Å². The number of nitrogens with zero attached hydrogens (tertiary/aromatic N) is 1. The molecule has 2 N–H and O–H groups in total. The fourth-order valence-corrected chi connectivity index (χ4v) is 2.40. The molecule has 0 fully saturated rings. The highest BCUT2D eigenvalue weighted by atomic mass is 16.4. The third-order valence-electron chi connectivity index (χ3n) is 3.68. The number of carboxylic acid groups (broad SMARTS) is 2. The summed E-state index contributed by atoms with van der Waals surface area (Å²) in [5.74, 6) is -1.88. The molecule has 1 aromatic carbocycles. The monoisotopic (exact) mass is 317 g/mol. The van der Waals surface area contributed by atoms with Crippen LogP contribution in [-0.4, -0.2) is 46.7 Å². The van der Waals surface area contributed by atoms with Crippen molar-refractivity contribution in [1.29, 1.82) is 0 Å². The molecule has 0 bridgehead atoms. The molecule has 0 radical (unpaired) electrons. The number of rotatable bonds is 3. The maximum atomic E-state index is 9.55. The van der Waals surface area contributed by atoms with E-state index in [2.05, 4.69) is 62.2 Å². The highest BCUT2D eigenvalue weighted by Crippen LogP contribution is 2.28. The highest BCUT2D eigenvalue weighted by molar-refractivity contribution is 5.89. The van der Waals surface area contributed by atoms with Crippen LogP contribution in [0.15, 0.2) is 48.6 Å². The number of carboxylic acids is 2. The molecule has 0 amide bonds. The first kappa shape index (κ1) is 18.6. The van der Waals surface area contributed by atoms with Gasteiger partial charge in [-0.15, -0.1) is 0 Å². The molecular weight excluding hydrogens is 294 g/mol. The Bertz CT molecular complexity index is 576. The van der Waals surface area contributed by atoms with Crippen LogP contribution in [0.1, 0.15) is 19.4 Å². The molecule has 1 aromatic rings. The second-order valence-corrected chi connectivity index (χ2v) is 5.58. The van der Waals surface area contributed by atoms with E-state index in [1.807, 2.05) is 0 Å². The summed E-state index contributed by atoms with van der Waals surface area (Å²) in [5, 5.41) is 15.6. The average molecular weight is 317 g/mol. The van der Waals surface area contributed by atoms with Crippen LogP contribution in [0.25, 0.3) is 5.57 Å². The normalized spacial score (nSPS) is 21.3. The summed E-state index contributed by atoms with van der Waals surface area (Å²) < 4.78 is 0. The van der Waals surface area contributed by atoms with E-state index in [1.165, 1.54) is 11.1 Å². The van der Waals surface area contributed by atoms with Crippen molar-refractivity contribution in [2.24, 2.45) is 5.92 Å². The van der Waals surface area contributed by atoms with Gasteiger partial charge in [0.05, 0.1) is 0 Å². The minimum Gasteiger partial charge on any atom is -0.478 e. The molecule has 2 rings (SSSR count). The average Bonchev–Trinajstić information content (AvgIpc) is 2.50. The number of hydrogen-bond donors (Lipinski definition) is 2. The molecule has 1 heterocycles. The molecule has 2 atom stereocenters. The predicted octanol–water partition coefficient (Wildman–Crippen LogP) is 2.75. The van der Waals surface area contributed by atoms with Crippen LogP contribution in [-0.2, 0) is 9.59 Å². The molecule has 0 saturated heterocycles. The fraction of sp³-hybridized carbons (Fsp3) is 0.333. The lowest BCUT2D eigenvalue weighted by atomic mass is 9.88. The zero-order valence-electron chi connectivity index (χ0n) is 13.6. The van der Waals surface area contributed by atoms with E-state index < -0.39 is 11.9 Å². The lowest BCUT2D eigenvalue weighted by Gasteiger charge is -2.33. The third-order valence-corrected chi connectivity index (χ3v) is 3.68. The standard InChI is InChI=1S/C14H19N.C4H4O4/c1-11-10-15(3)12(2)9-14(11)13-7-5-4-6-8-13;5-3(6)1-2-4(7)8/h4-9,11-12H,10H2,1-3H3;1-2H,(H,5,6)(H,7,8). The molecular formula is C18H23NO4. The van der Waals surface area contributed by atoms with E-state index in [0.29, 0.717) is 24.1 Å². The number of benzene rings is 1. The number of hydrogen-bond acceptors (Lipinski definition) is 3. The summed E-state index contributed by atoms with van der Waals surface area (Å²) in [6.07, 6.45) is 3.51. The van der Waals surface area contributed by atoms with Gasteiger partial charge in [-0.1, -0.05) is 43.3 Å². The van der Waals surface area contributed by atoms with Gasteiger partial charge in [-0.3, -0.25) is 4.90 Å². The van der Waals surface area contributed by atoms with Crippen molar-refractivity contribution in [3.8, 4) is 0 Å². The molecule has 5 nitrogen and oxygen atoms in total. The zero-order chi connectivity index (χ0) is 17.4. The molecule has 0 spiro atoms. The van der Waals surface area contributed by atoms with Crippen LogP contribution in [0.4, 0.5) is 0 Å². The number of likely N-dealkylation sites (N-methyl/N-ethyl adjacent to an activating group) is 1. The summed E-state index contributed by atoms with van der Waals surface area (Å²) in [4.78, 5) is 21.5. The first-order chi connectivity index (χ1) is 10.8. The van der Waals surface area contributed by atoms with E-state index >= 15 is 0 Å². The molecule has 2 unspecified atom stereocenters. The van der Waals surface area contributed by atoms with Crippen LogP contribution < -0.4 is 0 Å². The Balaban J connectivity index is 0.000000284. The highest BCUT2D eigenvalue weighted by Gasteiger charge is 2.21. The van der Waals surface area contributed by atoms with Gasteiger partial charge in [-0.2, -0.15) is 0 Å². The van der Waals surface area contributed by atoms with Gasteiger partial charge in [-0.25, -0.2) is 9.59 Å². The Morgan fingerprint density at radius 2 is 1.61 bits per heavy atom. The van der Waals surface area contributed by atoms with Crippen molar-refractivity contribution >= 4 is 17.5 Å². The Morgan fingerprint density at radius 3 is 2.09 bits per heavy atom. The summed E-state index contributed by atoms with van der Waals surface area (Å²) in [6, 6.07) is 11.3. The van der Waals surface area contributed by atoms with E-state index in [-0.39, 0.29) is 0 Å². The lowest BCUT2D eigenvalue weighted by molar-refractivity contribution is -0.134. The Morgan fingerprint density at radius 1 is 1.09 bits per heavy atom. The maximum Gasteiger partial charge on any atom is 0.328 e. The van der Waals surface area contributed by atoms with Gasteiger partial charge >= 0.3 is 11.9 Å². The maximum absolute atomic E-state index is 9.55. The SMILES string of the molecule is CC1CN(C)C(C)C=C1c1ccccc1.O=C(O)C=CC(=O)O. The molecule has 23 heavy (non-hydrogen) atoms. The van der Waals surface area contributed by atoms with E-state index in [1.54, 1.807) is 0 Å². The predicted molar refractivity (Wildman–Crippen MR) is 90.1 cm³/mol. The molecule has 0 aliphatic carbocycles. The summed E-state index contributed by atoms with van der Waals surface area (Å²) >= 11 is 0. The minimum absolute atomic E-state index is 0.552. The van der Waals surface area contributed by atoms with E-state index in [9.17, 15) is 9.59 Å². The third kappa shape index (κ3) is 6.48. The van der Waals surface area contributed by atoms with Crippen LogP contribution in [0.5, 0.6) is 0 Å². The van der Waals surface area contributed by atoms with Crippen LogP contribution in [0.2, 0.25) is 0 Å². The first-order valence-electron chi connectivity index (χ1n) is 7.42. The topological polar surface area (TPSA) is 77.8 Å². The lowest BCUT2D eigenvalue weighted by Crippen LogP contribution is -2.36. The summed E-state index contributed by atoms with van der Waals surface area (Å²) in [6.45, 7) is 5.72. The second kappa shape index (κ2) is 8.90. The van der Waals surface area contributed by atoms with Crippen molar-refractivity contribution in [2.45, 2.75) is 19.9 Å². The van der Waals surface area contributed by atoms with E-state index in [0.717, 1.165) is 6.54 Å². The van der Waals surface area contributed by atoms with Gasteiger partial charge in [0, 0.05) is 24.7 Å². The summed E-state index contributed by atoms with van der Waals surface area (Å²) in [5.41, 5.74) is 2.88. The van der Waals surface area contributed by atoms with Gasteiger partial charge in [0.2, 0.25) is 0 Å². The molecule has 1 aliphatic heterocycles. The van der Waals surface area contributed by atoms with Crippen molar-refractivity contribution < 1.29 is 19.8 Å². The number of carbonyl (C=O) groups is 2. The van der Waals surface area contributed by atoms with Crippen LogP contribution in [0, 0.1) is 5.92 Å². The zero-order valence-corrected chi connectivity index (χ0v) is 13.6. The Labute approximate surface area is 136 Å². The smallest absolute Gasteiger partial charge is 0.328 e. The van der Waals surface area contributed by atoms with Gasteiger partial charge in [0.25, 0.3) is 0 Å². The van der Waals surface area contributed by atoms with Gasteiger partial charge in [0.15, 0.2) is 0 Å². The van der Waals surface area contributed by atoms with Gasteiger partial charge in [-0.05, 0) is 31.0 Å². The van der Waals surface area contributed by atoms with Crippen molar-refractivity contribution in [2.75, 3.05) is 13.6 Å². The first-order valence-corrected chi connectivity index (χ1v) is 7.42. The Kier molecular flexibility index (Phi) is 7.22. The molecule has 124 valence electrons. The van der Waals surface area contributed by atoms with Gasteiger partial charge in [0.1, 0.15) is 0 Å². The molecule has 0 aromatic heterocycles. The molecule has 5 heteroatoms. The van der Waals surface area contributed by atoms with Crippen molar-refractivity contribution in [3.05, 3.63) is 54.1 Å².